The fraction of sp³-hybridized carbons (Fsp3) is 1.00. The zero-order valence-corrected chi connectivity index (χ0v) is 29.2. The Labute approximate surface area is 273 Å². The summed E-state index contributed by atoms with van der Waals surface area (Å²) in [5.41, 5.74) is 0.908. The van der Waals surface area contributed by atoms with Crippen LogP contribution in [0.4, 0.5) is 0 Å². The Morgan fingerprint density at radius 3 is 2.31 bits per heavy atom. The van der Waals surface area contributed by atoms with Crippen LogP contribution in [0.2, 0.25) is 0 Å². The first-order valence-electron chi connectivity index (χ1n) is 18.6. The lowest BCUT2D eigenvalue weighted by Gasteiger charge is -2.61. The molecule has 0 spiro atoms. The van der Waals surface area contributed by atoms with E-state index in [4.69, 9.17) is 9.47 Å². The van der Waals surface area contributed by atoms with Gasteiger partial charge in [-0.25, -0.2) is 0 Å². The maximum atomic E-state index is 10.6. The van der Waals surface area contributed by atoms with Crippen molar-refractivity contribution >= 4 is 0 Å². The fourth-order valence-corrected chi connectivity index (χ4v) is 11.7. The molecular weight excluding hydrogens is 570 g/mol. The lowest BCUT2D eigenvalue weighted by atomic mass is 9.44. The first kappa shape index (κ1) is 36.0. The van der Waals surface area contributed by atoms with E-state index in [1.807, 2.05) is 0 Å². The summed E-state index contributed by atoms with van der Waals surface area (Å²) < 4.78 is 11.8. The van der Waals surface area contributed by atoms with E-state index in [1.54, 1.807) is 0 Å². The van der Waals surface area contributed by atoms with Crippen molar-refractivity contribution in [3.05, 3.63) is 0 Å². The van der Waals surface area contributed by atoms with Crippen molar-refractivity contribution in [2.45, 2.75) is 160 Å². The fourth-order valence-electron chi connectivity index (χ4n) is 11.7. The van der Waals surface area contributed by atoms with Crippen LogP contribution < -0.4 is 5.32 Å². The minimum Gasteiger partial charge on any atom is -0.394 e. The van der Waals surface area contributed by atoms with Gasteiger partial charge < -0.3 is 40.3 Å². The maximum Gasteiger partial charge on any atom is 0.183 e. The number of methoxy groups -OCH3 is 1. The summed E-state index contributed by atoms with van der Waals surface area (Å²) >= 11 is 0. The SMILES string of the molecule is CO[C@@]1(CN[C@H]2CC[C@@]3(C)C(CC[C@H]4[C@@H]5CC[C@H]([C@H](C)CCCC(C)C)[C@@]5(C)CC[C@@H]43)C2)C[C@H](O)[C@@H](O)[C@H]([C@H](O)[C@@H](O)CO)O1. The standard InChI is InChI=1S/C37H67NO7/c1-22(2)8-7-9-23(3)27-12-13-28-26-11-10-24-18-25(14-16-35(24,4)29(26)15-17-36(27,28)5)38-21-37(44-6)19-30(40)32(42)34(45-37)33(43)31(41)20-39/h22-34,38-43H,7-21H2,1-6H3/t23-,24?,25+,26+,27-,28+,29+,30+,31+,32-,33-,34-,35+,36-,37+/m1/s1. The van der Waals surface area contributed by atoms with Crippen LogP contribution in [0.15, 0.2) is 0 Å². The summed E-state index contributed by atoms with van der Waals surface area (Å²) in [5.74, 6) is 4.57. The summed E-state index contributed by atoms with van der Waals surface area (Å²) in [6.07, 6.45) is 9.06. The molecule has 1 aliphatic heterocycles. The Morgan fingerprint density at radius 2 is 1.62 bits per heavy atom. The van der Waals surface area contributed by atoms with Crippen LogP contribution in [-0.2, 0) is 9.47 Å². The molecule has 8 heteroatoms. The van der Waals surface area contributed by atoms with Crippen molar-refractivity contribution in [3.63, 3.8) is 0 Å². The van der Waals surface area contributed by atoms with Gasteiger partial charge in [0.2, 0.25) is 0 Å². The van der Waals surface area contributed by atoms with Crippen LogP contribution in [-0.4, -0.2) is 88.1 Å². The van der Waals surface area contributed by atoms with E-state index in [0.717, 1.165) is 48.3 Å². The molecule has 262 valence electrons. The van der Waals surface area contributed by atoms with Crippen molar-refractivity contribution in [2.75, 3.05) is 20.3 Å². The number of aliphatic hydroxyl groups excluding tert-OH is 5. The molecule has 4 saturated carbocycles. The van der Waals surface area contributed by atoms with E-state index in [1.165, 1.54) is 71.3 Å². The predicted octanol–water partition coefficient (Wildman–Crippen LogP) is 4.63. The number of ether oxygens (including phenoxy) is 2. The second-order valence-electron chi connectivity index (χ2n) is 17.2. The first-order valence-corrected chi connectivity index (χ1v) is 18.6. The zero-order chi connectivity index (χ0) is 32.7. The first-order chi connectivity index (χ1) is 21.3. The van der Waals surface area contributed by atoms with Gasteiger partial charge in [0.25, 0.3) is 0 Å². The third kappa shape index (κ3) is 6.92. The molecule has 1 saturated heterocycles. The minimum atomic E-state index is -1.55. The number of hydrogen-bond donors (Lipinski definition) is 6. The number of aliphatic hydroxyl groups is 5. The van der Waals surface area contributed by atoms with Gasteiger partial charge in [-0.3, -0.25) is 0 Å². The molecule has 0 amide bonds. The van der Waals surface area contributed by atoms with Gasteiger partial charge in [-0.15, -0.1) is 0 Å². The number of rotatable bonds is 12. The molecule has 5 rings (SSSR count). The average molecular weight is 638 g/mol. The quantitative estimate of drug-likeness (QED) is 0.183. The molecule has 0 aromatic rings. The third-order valence-corrected chi connectivity index (χ3v) is 14.4. The van der Waals surface area contributed by atoms with Gasteiger partial charge in [0.1, 0.15) is 24.4 Å². The van der Waals surface area contributed by atoms with Crippen LogP contribution in [0.5, 0.6) is 0 Å². The predicted molar refractivity (Wildman–Crippen MR) is 175 cm³/mol. The normalized spacial score (nSPS) is 47.1. The molecule has 0 aromatic carbocycles. The molecule has 0 bridgehead atoms. The minimum absolute atomic E-state index is 0.0468. The molecule has 0 aromatic heterocycles. The molecule has 4 aliphatic carbocycles. The number of fused-ring (bicyclic) bond motifs is 5. The molecule has 45 heavy (non-hydrogen) atoms. The average Bonchev–Trinajstić information content (AvgIpc) is 3.38. The van der Waals surface area contributed by atoms with Crippen LogP contribution in [0.25, 0.3) is 0 Å². The lowest BCUT2D eigenvalue weighted by molar-refractivity contribution is -0.327. The van der Waals surface area contributed by atoms with E-state index in [2.05, 4.69) is 39.9 Å². The number of hydrogen-bond acceptors (Lipinski definition) is 8. The highest BCUT2D eigenvalue weighted by Gasteiger charge is 2.60. The monoisotopic (exact) mass is 637 g/mol. The van der Waals surface area contributed by atoms with Gasteiger partial charge in [0, 0.05) is 19.6 Å². The molecule has 8 nitrogen and oxygen atoms in total. The summed E-state index contributed by atoms with van der Waals surface area (Å²) in [6.45, 7) is 12.2. The Kier molecular flexibility index (Phi) is 11.4. The van der Waals surface area contributed by atoms with Gasteiger partial charge in [-0.05, 0) is 110 Å². The Balaban J connectivity index is 1.19. The second-order valence-corrected chi connectivity index (χ2v) is 17.2. The Morgan fingerprint density at radius 1 is 0.911 bits per heavy atom. The van der Waals surface area contributed by atoms with Crippen molar-refractivity contribution in [1.82, 2.24) is 5.32 Å². The summed E-state index contributed by atoms with van der Waals surface area (Å²) in [6, 6.07) is 0.307. The molecular formula is C37H67NO7. The van der Waals surface area contributed by atoms with Gasteiger partial charge in [-0.1, -0.05) is 53.9 Å². The summed E-state index contributed by atoms with van der Waals surface area (Å²) in [4.78, 5) is 0. The van der Waals surface area contributed by atoms with Crippen molar-refractivity contribution < 1.29 is 35.0 Å². The zero-order valence-electron chi connectivity index (χ0n) is 29.2. The molecule has 5 fully saturated rings. The van der Waals surface area contributed by atoms with Crippen molar-refractivity contribution in [3.8, 4) is 0 Å². The van der Waals surface area contributed by atoms with Crippen LogP contribution in [0.1, 0.15) is 118 Å². The molecule has 15 atom stereocenters. The third-order valence-electron chi connectivity index (χ3n) is 14.4. The van der Waals surface area contributed by atoms with E-state index in [0.29, 0.717) is 29.3 Å². The van der Waals surface area contributed by atoms with Crippen molar-refractivity contribution in [1.29, 1.82) is 0 Å². The van der Waals surface area contributed by atoms with Gasteiger partial charge in [0.05, 0.1) is 19.3 Å². The molecule has 1 heterocycles. The van der Waals surface area contributed by atoms with E-state index in [-0.39, 0.29) is 6.42 Å². The smallest absolute Gasteiger partial charge is 0.183 e. The Hall–Kier alpha value is -0.320. The highest BCUT2D eigenvalue weighted by atomic mass is 16.7. The summed E-state index contributed by atoms with van der Waals surface area (Å²) in [7, 11) is 1.51. The van der Waals surface area contributed by atoms with Crippen molar-refractivity contribution in [2.24, 2.45) is 52.3 Å². The number of nitrogens with one attached hydrogen (secondary N) is 1. The van der Waals surface area contributed by atoms with Gasteiger partial charge >= 0.3 is 0 Å². The van der Waals surface area contributed by atoms with Crippen LogP contribution in [0.3, 0.4) is 0 Å². The highest BCUT2D eigenvalue weighted by molar-refractivity contribution is 5.10. The van der Waals surface area contributed by atoms with E-state index < -0.39 is 42.9 Å². The lowest BCUT2D eigenvalue weighted by Crippen LogP contribution is -2.64. The maximum absolute atomic E-state index is 10.6. The Bertz CT molecular complexity index is 967. The largest absolute Gasteiger partial charge is 0.394 e. The molecule has 0 radical (unpaired) electrons. The van der Waals surface area contributed by atoms with Gasteiger partial charge in [0.15, 0.2) is 5.79 Å². The van der Waals surface area contributed by atoms with Crippen LogP contribution in [0, 0.1) is 52.3 Å². The van der Waals surface area contributed by atoms with Gasteiger partial charge in [-0.2, -0.15) is 0 Å². The van der Waals surface area contributed by atoms with E-state index in [9.17, 15) is 25.5 Å². The summed E-state index contributed by atoms with van der Waals surface area (Å²) in [5, 5.41) is 54.7. The molecule has 6 N–H and O–H groups in total. The highest BCUT2D eigenvalue weighted by Crippen LogP contribution is 2.68. The van der Waals surface area contributed by atoms with Crippen LogP contribution >= 0.6 is 0 Å². The second kappa shape index (κ2) is 14.3. The molecule has 5 aliphatic rings. The topological polar surface area (TPSA) is 132 Å². The molecule has 1 unspecified atom stereocenters. The van der Waals surface area contributed by atoms with E-state index >= 15 is 0 Å².